The van der Waals surface area contributed by atoms with Gasteiger partial charge in [-0.2, -0.15) is 5.26 Å². The van der Waals surface area contributed by atoms with Crippen LogP contribution in [-0.2, 0) is 4.79 Å². The zero-order valence-electron chi connectivity index (χ0n) is 23.3. The summed E-state index contributed by atoms with van der Waals surface area (Å²) in [6.07, 6.45) is 0.507. The molecule has 4 rings (SSSR count). The van der Waals surface area contributed by atoms with Crippen molar-refractivity contribution in [3.63, 3.8) is 0 Å². The van der Waals surface area contributed by atoms with Crippen molar-refractivity contribution in [2.45, 2.75) is 34.9 Å². The van der Waals surface area contributed by atoms with Crippen molar-refractivity contribution < 1.29 is 19.0 Å². The predicted molar refractivity (Wildman–Crippen MR) is 164 cm³/mol. The number of pyridine rings is 1. The molecule has 1 amide bonds. The van der Waals surface area contributed by atoms with Crippen LogP contribution in [0.15, 0.2) is 57.9 Å². The molecule has 41 heavy (non-hydrogen) atoms. The topological polar surface area (TPSA) is 119 Å². The van der Waals surface area contributed by atoms with Gasteiger partial charge in [0.15, 0.2) is 15.8 Å². The summed E-state index contributed by atoms with van der Waals surface area (Å²) in [5.74, 6) is 2.00. The van der Waals surface area contributed by atoms with Crippen LogP contribution < -0.4 is 19.5 Å². The standard InChI is InChI=1S/C29H29N5O4S3/c1-6-24(26(35)32-28-33-34-29(41-28)39-7-2)40-27-20(16-30)19(15-21(31-27)17-11-9-8-10-12-17)18-13-22(36-3)25(38-5)23(14-18)37-4/h8-15,24H,6-7H2,1-5H3,(H,32,33,35). The average molecular weight is 608 g/mol. The van der Waals surface area contributed by atoms with Crippen LogP contribution in [0.2, 0.25) is 0 Å². The van der Waals surface area contributed by atoms with E-state index in [2.05, 4.69) is 21.6 Å². The summed E-state index contributed by atoms with van der Waals surface area (Å²) in [5, 5.41) is 21.8. The number of hydrogen-bond acceptors (Lipinski definition) is 11. The number of nitrogens with zero attached hydrogens (tertiary/aromatic N) is 4. The normalized spacial score (nSPS) is 11.4. The molecular formula is C29H29N5O4S3. The van der Waals surface area contributed by atoms with Gasteiger partial charge in [0, 0.05) is 11.1 Å². The number of benzene rings is 2. The van der Waals surface area contributed by atoms with Gasteiger partial charge in [0.25, 0.3) is 0 Å². The van der Waals surface area contributed by atoms with Gasteiger partial charge in [0.05, 0.1) is 37.8 Å². The minimum atomic E-state index is -0.528. The zero-order valence-corrected chi connectivity index (χ0v) is 25.7. The second-order valence-electron chi connectivity index (χ2n) is 8.44. The average Bonchev–Trinajstić information content (AvgIpc) is 3.45. The Kier molecular flexibility index (Phi) is 10.5. The second kappa shape index (κ2) is 14.2. The Labute approximate surface area is 251 Å². The third-order valence-corrected chi connectivity index (χ3v) is 9.17. The summed E-state index contributed by atoms with van der Waals surface area (Å²) in [7, 11) is 4.63. The van der Waals surface area contributed by atoms with Crippen molar-refractivity contribution in [3.05, 3.63) is 54.1 Å². The lowest BCUT2D eigenvalue weighted by molar-refractivity contribution is -0.115. The summed E-state index contributed by atoms with van der Waals surface area (Å²) in [6.45, 7) is 3.95. The van der Waals surface area contributed by atoms with E-state index in [1.165, 1.54) is 30.2 Å². The molecule has 0 aliphatic carbocycles. The number of carbonyl (C=O) groups is 1. The number of anilines is 1. The molecule has 4 aromatic rings. The van der Waals surface area contributed by atoms with E-state index in [1.807, 2.05) is 50.2 Å². The Bertz CT molecular complexity index is 1530. The fraction of sp³-hybridized carbons (Fsp3) is 0.276. The number of thioether (sulfide) groups is 2. The summed E-state index contributed by atoms with van der Waals surface area (Å²) in [4.78, 5) is 18.2. The van der Waals surface area contributed by atoms with Gasteiger partial charge in [0.2, 0.25) is 16.8 Å². The van der Waals surface area contributed by atoms with Crippen molar-refractivity contribution in [3.8, 4) is 45.7 Å². The maximum Gasteiger partial charge on any atom is 0.239 e. The number of aromatic nitrogens is 3. The monoisotopic (exact) mass is 607 g/mol. The second-order valence-corrected chi connectivity index (χ2v) is 12.1. The van der Waals surface area contributed by atoms with Crippen LogP contribution in [0.25, 0.3) is 22.4 Å². The van der Waals surface area contributed by atoms with Crippen molar-refractivity contribution in [1.82, 2.24) is 15.2 Å². The number of ether oxygens (including phenoxy) is 3. The maximum absolute atomic E-state index is 13.3. The summed E-state index contributed by atoms with van der Waals surface area (Å²) < 4.78 is 17.4. The molecule has 212 valence electrons. The van der Waals surface area contributed by atoms with Crippen LogP contribution in [-0.4, -0.2) is 53.4 Å². The Balaban J connectivity index is 1.80. The highest BCUT2D eigenvalue weighted by atomic mass is 32.2. The molecule has 0 saturated carbocycles. The molecular weight excluding hydrogens is 579 g/mol. The third kappa shape index (κ3) is 6.93. The Morgan fingerprint density at radius 1 is 1.02 bits per heavy atom. The van der Waals surface area contributed by atoms with Crippen LogP contribution in [0.5, 0.6) is 17.2 Å². The Morgan fingerprint density at radius 3 is 2.32 bits per heavy atom. The lowest BCUT2D eigenvalue weighted by atomic mass is 9.98. The number of hydrogen-bond donors (Lipinski definition) is 1. The molecule has 0 spiro atoms. The number of rotatable bonds is 12. The van der Waals surface area contributed by atoms with Crippen LogP contribution in [0.1, 0.15) is 25.8 Å². The first-order chi connectivity index (χ1) is 20.0. The van der Waals surface area contributed by atoms with Crippen LogP contribution in [0.3, 0.4) is 0 Å². The molecule has 2 aromatic carbocycles. The molecule has 0 aliphatic rings. The molecule has 9 nitrogen and oxygen atoms in total. The van der Waals surface area contributed by atoms with Gasteiger partial charge in [-0.25, -0.2) is 4.98 Å². The summed E-state index contributed by atoms with van der Waals surface area (Å²) >= 11 is 4.15. The lowest BCUT2D eigenvalue weighted by Crippen LogP contribution is -2.24. The minimum absolute atomic E-state index is 0.230. The van der Waals surface area contributed by atoms with E-state index in [4.69, 9.17) is 19.2 Å². The molecule has 1 unspecified atom stereocenters. The lowest BCUT2D eigenvalue weighted by Gasteiger charge is -2.18. The van der Waals surface area contributed by atoms with E-state index in [-0.39, 0.29) is 5.91 Å². The molecule has 0 fully saturated rings. The van der Waals surface area contributed by atoms with Crippen molar-refractivity contribution in [1.29, 1.82) is 5.26 Å². The van der Waals surface area contributed by atoms with Crippen molar-refractivity contribution in [2.24, 2.45) is 0 Å². The first-order valence-electron chi connectivity index (χ1n) is 12.7. The van der Waals surface area contributed by atoms with Gasteiger partial charge in [-0.15, -0.1) is 10.2 Å². The molecule has 12 heteroatoms. The van der Waals surface area contributed by atoms with Gasteiger partial charge < -0.3 is 14.2 Å². The van der Waals surface area contributed by atoms with Crippen LogP contribution >= 0.6 is 34.9 Å². The van der Waals surface area contributed by atoms with E-state index in [1.54, 1.807) is 38.1 Å². The Morgan fingerprint density at radius 2 is 1.73 bits per heavy atom. The number of carbonyl (C=O) groups excluding carboxylic acids is 1. The first kappa shape index (κ1) is 30.2. The number of methoxy groups -OCH3 is 3. The van der Waals surface area contributed by atoms with Gasteiger partial charge >= 0.3 is 0 Å². The van der Waals surface area contributed by atoms with E-state index in [0.717, 1.165) is 15.7 Å². The molecule has 2 aromatic heterocycles. The van der Waals surface area contributed by atoms with E-state index >= 15 is 0 Å². The minimum Gasteiger partial charge on any atom is -0.493 e. The van der Waals surface area contributed by atoms with Crippen LogP contribution in [0, 0.1) is 11.3 Å². The Hall–Kier alpha value is -3.79. The van der Waals surface area contributed by atoms with Gasteiger partial charge in [-0.1, -0.05) is 79.0 Å². The SMILES string of the molecule is CCSc1nnc(NC(=O)C(CC)Sc2nc(-c3ccccc3)cc(-c3cc(OC)c(OC)c(OC)c3)c2C#N)s1. The molecule has 1 N–H and O–H groups in total. The highest BCUT2D eigenvalue weighted by Crippen LogP contribution is 2.44. The van der Waals surface area contributed by atoms with Crippen LogP contribution in [0.4, 0.5) is 5.13 Å². The molecule has 0 radical (unpaired) electrons. The van der Waals surface area contributed by atoms with Gasteiger partial charge in [-0.05, 0) is 35.9 Å². The molecule has 0 bridgehead atoms. The van der Waals surface area contributed by atoms with E-state index in [0.29, 0.717) is 56.2 Å². The van der Waals surface area contributed by atoms with E-state index in [9.17, 15) is 10.1 Å². The quantitative estimate of drug-likeness (QED) is 0.136. The number of amides is 1. The van der Waals surface area contributed by atoms with E-state index < -0.39 is 5.25 Å². The predicted octanol–water partition coefficient (Wildman–Crippen LogP) is 6.79. The highest BCUT2D eigenvalue weighted by molar-refractivity contribution is 8.01. The third-order valence-electron chi connectivity index (χ3n) is 5.96. The van der Waals surface area contributed by atoms with Gasteiger partial charge in [-0.3, -0.25) is 10.1 Å². The summed E-state index contributed by atoms with van der Waals surface area (Å²) in [5.41, 5.74) is 3.19. The largest absolute Gasteiger partial charge is 0.493 e. The summed E-state index contributed by atoms with van der Waals surface area (Å²) in [6, 6.07) is 17.5. The van der Waals surface area contributed by atoms with Crippen molar-refractivity contribution in [2.75, 3.05) is 32.4 Å². The molecule has 0 saturated heterocycles. The molecule has 0 aliphatic heterocycles. The smallest absolute Gasteiger partial charge is 0.239 e. The maximum atomic E-state index is 13.3. The number of nitriles is 1. The van der Waals surface area contributed by atoms with Crippen molar-refractivity contribution >= 4 is 45.9 Å². The zero-order chi connectivity index (χ0) is 29.4. The molecule has 2 heterocycles. The highest BCUT2D eigenvalue weighted by Gasteiger charge is 2.25. The fourth-order valence-electron chi connectivity index (χ4n) is 4.02. The number of nitrogens with one attached hydrogen (secondary N) is 1. The van der Waals surface area contributed by atoms with Gasteiger partial charge in [0.1, 0.15) is 11.1 Å². The first-order valence-corrected chi connectivity index (χ1v) is 15.4. The molecule has 1 atom stereocenters. The fourth-order valence-corrected chi connectivity index (χ4v) is 6.70.